The van der Waals surface area contributed by atoms with E-state index in [9.17, 15) is 42.3 Å². The molecular weight excluding hydrogens is 900 g/mol. The van der Waals surface area contributed by atoms with Gasteiger partial charge in [-0.3, -0.25) is 19.3 Å². The van der Waals surface area contributed by atoms with Gasteiger partial charge in [-0.1, -0.05) is 109 Å². The average Bonchev–Trinajstić information content (AvgIpc) is 4.05. The van der Waals surface area contributed by atoms with E-state index >= 15 is 0 Å². The number of nitrogen functional groups attached to an aromatic ring is 1. The number of nitrogens with two attached hydrogens (primary N) is 1. The number of rotatable bonds is 14. The second kappa shape index (κ2) is 18.9. The number of fused-ring (bicyclic) bond motifs is 1. The number of nitrogens with one attached hydrogen (secondary N) is 1. The minimum atomic E-state index is -4.65. The summed E-state index contributed by atoms with van der Waals surface area (Å²) in [6.07, 6.45) is -2.78. The number of halogens is 3. The number of carboxylic acids is 1. The van der Waals surface area contributed by atoms with E-state index in [2.05, 4.69) is 22.0 Å². The first kappa shape index (κ1) is 45.6. The zero-order valence-corrected chi connectivity index (χ0v) is 36.6. The lowest BCUT2D eigenvalue weighted by atomic mass is 9.80. The van der Waals surface area contributed by atoms with Crippen LogP contribution in [0, 0.1) is 11.8 Å². The number of thioether (sulfide) groups is 1. The fourth-order valence-corrected chi connectivity index (χ4v) is 10.5. The Kier molecular flexibility index (Phi) is 13.1. The minimum Gasteiger partial charge on any atom is -0.477 e. The second-order valence-electron chi connectivity index (χ2n) is 15.8. The molecule has 4 aromatic rings. The Balaban J connectivity index is 1.02. The van der Waals surface area contributed by atoms with Gasteiger partial charge in [-0.25, -0.2) is 14.6 Å². The monoisotopic (exact) mass is 941 g/mol. The molecule has 1 aromatic heterocycles. The number of amides is 4. The van der Waals surface area contributed by atoms with E-state index in [0.717, 1.165) is 32.9 Å². The molecule has 0 spiro atoms. The van der Waals surface area contributed by atoms with Crippen molar-refractivity contribution in [3.8, 4) is 0 Å². The molecule has 0 radical (unpaired) electrons. The number of hydrogen-bond donors (Lipinski definition) is 3. The molecular formula is C46H42F3N7O8S2. The van der Waals surface area contributed by atoms with E-state index in [4.69, 9.17) is 15.3 Å². The number of allylic oxidation sites excluding steroid dienone is 1. The summed E-state index contributed by atoms with van der Waals surface area (Å²) in [4.78, 5) is 81.2. The highest BCUT2D eigenvalue weighted by molar-refractivity contribution is 8.00. The maximum Gasteiger partial charge on any atom is 0.410 e. The van der Waals surface area contributed by atoms with Gasteiger partial charge in [0.15, 0.2) is 10.8 Å². The first-order chi connectivity index (χ1) is 31.7. The zero-order chi connectivity index (χ0) is 46.8. The van der Waals surface area contributed by atoms with Crippen LogP contribution in [0.1, 0.15) is 28.8 Å². The second-order valence-corrected chi connectivity index (χ2v) is 17.8. The van der Waals surface area contributed by atoms with E-state index in [-0.39, 0.29) is 66.1 Å². The van der Waals surface area contributed by atoms with Gasteiger partial charge < -0.3 is 35.5 Å². The van der Waals surface area contributed by atoms with Crippen molar-refractivity contribution in [1.29, 1.82) is 0 Å². The average molecular weight is 942 g/mol. The Morgan fingerprint density at radius 3 is 2.14 bits per heavy atom. The summed E-state index contributed by atoms with van der Waals surface area (Å²) in [5, 5.41) is 18.4. The van der Waals surface area contributed by atoms with Crippen molar-refractivity contribution in [1.82, 2.24) is 25.0 Å². The van der Waals surface area contributed by atoms with Crippen LogP contribution in [0.25, 0.3) is 0 Å². The van der Waals surface area contributed by atoms with E-state index in [1.165, 1.54) is 22.4 Å². The van der Waals surface area contributed by atoms with Crippen molar-refractivity contribution in [2.24, 2.45) is 17.0 Å². The van der Waals surface area contributed by atoms with Crippen LogP contribution >= 0.6 is 23.1 Å². The first-order valence-electron chi connectivity index (χ1n) is 20.7. The summed E-state index contributed by atoms with van der Waals surface area (Å²) in [7, 11) is 0. The Labute approximate surface area is 384 Å². The summed E-state index contributed by atoms with van der Waals surface area (Å²) < 4.78 is 47.3. The molecule has 0 unspecified atom stereocenters. The number of hydrogen-bond acceptors (Lipinski definition) is 12. The molecule has 342 valence electrons. The van der Waals surface area contributed by atoms with Crippen LogP contribution in [0.3, 0.4) is 0 Å². The molecule has 4 N–H and O–H groups in total. The predicted octanol–water partition coefficient (Wildman–Crippen LogP) is 5.77. The lowest BCUT2D eigenvalue weighted by Crippen LogP contribution is -2.71. The number of nitrogens with zero attached hydrogens (tertiary/aromatic N) is 5. The Bertz CT molecular complexity index is 2530. The largest absolute Gasteiger partial charge is 0.477 e. The summed E-state index contributed by atoms with van der Waals surface area (Å²) in [6.45, 7) is 2.14. The highest BCUT2D eigenvalue weighted by Gasteiger charge is 2.55. The number of β-lactam (4-membered cyclic amide) rings is 1. The number of likely N-dealkylation sites (tertiary alicyclic amines) is 2. The summed E-state index contributed by atoms with van der Waals surface area (Å²) in [5.41, 5.74) is 6.37. The van der Waals surface area contributed by atoms with Gasteiger partial charge in [0.05, 0.1) is 5.92 Å². The van der Waals surface area contributed by atoms with E-state index in [1.54, 1.807) is 0 Å². The quantitative estimate of drug-likeness (QED) is 0.0347. The molecule has 8 rings (SSSR count). The van der Waals surface area contributed by atoms with Crippen molar-refractivity contribution in [3.63, 3.8) is 0 Å². The minimum absolute atomic E-state index is 0.0141. The van der Waals surface area contributed by atoms with Crippen LogP contribution in [0.4, 0.5) is 23.1 Å². The third-order valence-corrected chi connectivity index (χ3v) is 13.7. The van der Waals surface area contributed by atoms with Gasteiger partial charge in [0.2, 0.25) is 11.5 Å². The number of aromatic nitrogens is 1. The van der Waals surface area contributed by atoms with Crippen LogP contribution in [0.2, 0.25) is 0 Å². The van der Waals surface area contributed by atoms with Crippen LogP contribution in [0.15, 0.2) is 137 Å². The van der Waals surface area contributed by atoms with E-state index in [0.29, 0.717) is 16.7 Å². The lowest BCUT2D eigenvalue weighted by Gasteiger charge is -2.49. The van der Waals surface area contributed by atoms with Crippen molar-refractivity contribution in [3.05, 3.63) is 154 Å². The predicted molar refractivity (Wildman–Crippen MR) is 238 cm³/mol. The molecule has 4 amide bonds. The van der Waals surface area contributed by atoms with Gasteiger partial charge in [-0.05, 0) is 18.1 Å². The van der Waals surface area contributed by atoms with Crippen LogP contribution in [0.5, 0.6) is 0 Å². The molecule has 0 saturated carbocycles. The van der Waals surface area contributed by atoms with Crippen molar-refractivity contribution >= 4 is 63.7 Å². The number of thiazole rings is 1. The standard InChI is InChI=1S/C46H42F3N7O8S2/c1-2-20-63-44(62)55-23-29(33(24-55)46(47,48)49)22-54-19-18-27(39(54)58)21-28-25-65-41-36(40(59)56(41)37(28)42(60)61)52-38(57)35(34-26-66-43(50)51-34)53-64-45(30-12-6-3-7-13-30,31-14-8-4-9-15-31)32-16-10-5-11-17-32/h2-17,21,26,29,33,36,41H,1,18-20,22-25H2,(H2,50,51)(H,52,57)(H,60,61)/b27-21+,53-35-/t29-,33-,36+,41+/m0/s1. The summed E-state index contributed by atoms with van der Waals surface area (Å²) >= 11 is 2.21. The van der Waals surface area contributed by atoms with Gasteiger partial charge in [0.1, 0.15) is 29.4 Å². The van der Waals surface area contributed by atoms with E-state index in [1.807, 2.05) is 91.0 Å². The first-order valence-corrected chi connectivity index (χ1v) is 22.6. The number of oxime groups is 1. The summed E-state index contributed by atoms with van der Waals surface area (Å²) in [5.74, 6) is -6.63. The number of alkyl halides is 3. The van der Waals surface area contributed by atoms with E-state index < -0.39 is 77.1 Å². The van der Waals surface area contributed by atoms with Crippen molar-refractivity contribution in [2.45, 2.75) is 29.6 Å². The smallest absolute Gasteiger partial charge is 0.410 e. The number of anilines is 1. The SMILES string of the molecule is C=CCOC(=O)N1C[C@H](CN2CC/C(=C\C3=C(C(=O)O)N4C(=O)[C@@H](NC(=O)/C(=N\OC(c5ccccc5)(c5ccccc5)c5ccccc5)c5csc(N)n5)[C@H]4SC3)C2=O)[C@@H](C(F)(F)F)C1. The topological polar surface area (TPSA) is 197 Å². The van der Waals surface area contributed by atoms with Crippen LogP contribution in [-0.4, -0.2) is 116 Å². The number of carbonyl (C=O) groups excluding carboxylic acids is 4. The van der Waals surface area contributed by atoms with Crippen LogP contribution in [-0.2, 0) is 34.4 Å². The van der Waals surface area contributed by atoms with Gasteiger partial charge in [0, 0.05) is 65.5 Å². The Hall–Kier alpha value is -6.93. The van der Waals surface area contributed by atoms with Crippen LogP contribution < -0.4 is 11.1 Å². The third-order valence-electron chi connectivity index (χ3n) is 11.7. The third kappa shape index (κ3) is 8.89. The number of ether oxygens (including phenoxy) is 1. The highest BCUT2D eigenvalue weighted by atomic mass is 32.2. The maximum atomic E-state index is 14.3. The normalized spacial score (nSPS) is 21.7. The molecule has 15 nitrogen and oxygen atoms in total. The van der Waals surface area contributed by atoms with Crippen molar-refractivity contribution in [2.75, 3.05) is 44.3 Å². The molecule has 5 heterocycles. The molecule has 3 aromatic carbocycles. The number of benzene rings is 3. The van der Waals surface area contributed by atoms with Gasteiger partial charge in [-0.15, -0.1) is 23.1 Å². The summed E-state index contributed by atoms with van der Waals surface area (Å²) in [6, 6.07) is 26.7. The molecule has 4 atom stereocenters. The van der Waals surface area contributed by atoms with Gasteiger partial charge in [-0.2, -0.15) is 13.2 Å². The molecule has 20 heteroatoms. The van der Waals surface area contributed by atoms with Gasteiger partial charge >= 0.3 is 18.2 Å². The molecule has 0 aliphatic carbocycles. The fraction of sp³-hybridized carbons (Fsp3) is 0.283. The maximum absolute atomic E-state index is 14.3. The molecule has 4 aliphatic heterocycles. The number of carboxylic acid groups (broad SMARTS) is 1. The molecule has 3 saturated heterocycles. The van der Waals surface area contributed by atoms with Crippen molar-refractivity contribution < 1.29 is 51.8 Å². The molecule has 3 fully saturated rings. The zero-order valence-electron chi connectivity index (χ0n) is 34.9. The lowest BCUT2D eigenvalue weighted by molar-refractivity contribution is -0.181. The number of carbonyl (C=O) groups is 5. The fourth-order valence-electron chi connectivity index (χ4n) is 8.62. The number of aliphatic carboxylic acids is 1. The molecule has 66 heavy (non-hydrogen) atoms. The highest BCUT2D eigenvalue weighted by Crippen LogP contribution is 2.44. The van der Waals surface area contributed by atoms with Gasteiger partial charge in [0.25, 0.3) is 11.8 Å². The Morgan fingerprint density at radius 1 is 0.970 bits per heavy atom. The Morgan fingerprint density at radius 2 is 1.59 bits per heavy atom. The molecule has 0 bridgehead atoms. The molecule has 4 aliphatic rings.